The molecule has 1 heterocycles. The average Bonchev–Trinajstić information content (AvgIpc) is 2.83. The van der Waals surface area contributed by atoms with Gasteiger partial charge in [0.2, 0.25) is 0 Å². The molecule has 1 aliphatic rings. The summed E-state index contributed by atoms with van der Waals surface area (Å²) in [7, 11) is 0. The lowest BCUT2D eigenvalue weighted by atomic mass is 9.93. The van der Waals surface area contributed by atoms with Crippen LogP contribution >= 0.6 is 23.2 Å². The molecule has 0 aromatic heterocycles. The van der Waals surface area contributed by atoms with Crippen LogP contribution in [0.25, 0.3) is 0 Å². The fourth-order valence-electron chi connectivity index (χ4n) is 4.50. The zero-order chi connectivity index (χ0) is 22.6. The molecule has 4 heteroatoms. The van der Waals surface area contributed by atoms with E-state index in [0.717, 1.165) is 24.2 Å². The average molecular weight is 474 g/mol. The van der Waals surface area contributed by atoms with E-state index in [1.165, 1.54) is 11.1 Å². The summed E-state index contributed by atoms with van der Waals surface area (Å²) < 4.78 is 6.66. The van der Waals surface area contributed by atoms with Gasteiger partial charge in [-0.3, -0.25) is 4.90 Å². The van der Waals surface area contributed by atoms with Crippen LogP contribution in [0.2, 0.25) is 10.0 Å². The molecular weight excluding hydrogens is 449 g/mol. The largest absolute Gasteiger partial charge is 0.363 e. The molecule has 4 aromatic rings. The zero-order valence-electron chi connectivity index (χ0n) is 18.1. The van der Waals surface area contributed by atoms with E-state index < -0.39 is 0 Å². The summed E-state index contributed by atoms with van der Waals surface area (Å²) in [6, 6.07) is 37.3. The Morgan fingerprint density at radius 2 is 1.18 bits per heavy atom. The Labute approximate surface area is 205 Å². The number of likely N-dealkylation sites (tertiary alicyclic amines) is 1. The first-order valence-electron chi connectivity index (χ1n) is 11.2. The van der Waals surface area contributed by atoms with Gasteiger partial charge in [-0.25, -0.2) is 0 Å². The first kappa shape index (κ1) is 22.2. The highest BCUT2D eigenvalue weighted by Gasteiger charge is 2.36. The van der Waals surface area contributed by atoms with Crippen molar-refractivity contribution in [1.29, 1.82) is 0 Å². The Morgan fingerprint density at radius 3 is 1.76 bits per heavy atom. The van der Waals surface area contributed by atoms with Crippen LogP contribution < -0.4 is 0 Å². The Balaban J connectivity index is 1.37. The van der Waals surface area contributed by atoms with Crippen molar-refractivity contribution < 1.29 is 4.74 Å². The molecule has 1 saturated heterocycles. The summed E-state index contributed by atoms with van der Waals surface area (Å²) >= 11 is 12.7. The molecule has 0 N–H and O–H groups in total. The van der Waals surface area contributed by atoms with E-state index in [0.29, 0.717) is 10.0 Å². The summed E-state index contributed by atoms with van der Waals surface area (Å²) in [5.41, 5.74) is 4.61. The molecule has 166 valence electrons. The minimum Gasteiger partial charge on any atom is -0.363 e. The van der Waals surface area contributed by atoms with Gasteiger partial charge >= 0.3 is 0 Å². The Kier molecular flexibility index (Phi) is 6.80. The Bertz CT molecular complexity index is 1140. The molecule has 0 bridgehead atoms. The maximum atomic E-state index is 6.66. The maximum absolute atomic E-state index is 6.66. The number of halogens is 2. The molecular formula is C29H25Cl2NO. The smallest absolute Gasteiger partial charge is 0.109 e. The highest BCUT2D eigenvalue weighted by atomic mass is 35.5. The number of hydrogen-bond acceptors (Lipinski definition) is 2. The van der Waals surface area contributed by atoms with Crippen molar-refractivity contribution >= 4 is 23.2 Å². The molecule has 1 aliphatic heterocycles. The summed E-state index contributed by atoms with van der Waals surface area (Å²) in [4.78, 5) is 2.47. The molecule has 0 amide bonds. The molecule has 4 aromatic carbocycles. The van der Waals surface area contributed by atoms with Gasteiger partial charge in [0.05, 0.1) is 12.1 Å². The normalized spacial score (nSPS) is 15.4. The SMILES string of the molecule is Clc1ccc(C(OC2CN(C(c3ccccc3)c3ccccc3)C2)c2ccccc2Cl)cc1. The van der Waals surface area contributed by atoms with Crippen molar-refractivity contribution in [2.75, 3.05) is 13.1 Å². The fraction of sp³-hybridized carbons (Fsp3) is 0.172. The lowest BCUT2D eigenvalue weighted by molar-refractivity contribution is -0.0910. The topological polar surface area (TPSA) is 12.5 Å². The maximum Gasteiger partial charge on any atom is 0.109 e. The summed E-state index contributed by atoms with van der Waals surface area (Å²) in [5, 5.41) is 1.42. The van der Waals surface area contributed by atoms with E-state index in [1.54, 1.807) is 0 Å². The second kappa shape index (κ2) is 10.1. The highest BCUT2D eigenvalue weighted by Crippen LogP contribution is 2.37. The van der Waals surface area contributed by atoms with Gasteiger partial charge in [0.25, 0.3) is 0 Å². The van der Waals surface area contributed by atoms with Gasteiger partial charge in [-0.05, 0) is 34.9 Å². The standard InChI is InChI=1S/C29H25Cl2NO/c30-24-17-15-23(16-18-24)29(26-13-7-8-14-27(26)31)33-25-19-32(20-25)28(21-9-3-1-4-10-21)22-11-5-2-6-12-22/h1-18,25,28-29H,19-20H2. The molecule has 5 rings (SSSR count). The minimum atomic E-state index is -0.241. The first-order chi connectivity index (χ1) is 16.2. The second-order valence-electron chi connectivity index (χ2n) is 8.39. The van der Waals surface area contributed by atoms with Crippen LogP contribution in [0.3, 0.4) is 0 Å². The van der Waals surface area contributed by atoms with E-state index in [2.05, 4.69) is 65.6 Å². The lowest BCUT2D eigenvalue weighted by Gasteiger charge is -2.45. The van der Waals surface area contributed by atoms with Crippen LogP contribution in [0.5, 0.6) is 0 Å². The first-order valence-corrected chi connectivity index (χ1v) is 11.9. The molecule has 0 saturated carbocycles. The van der Waals surface area contributed by atoms with Gasteiger partial charge in [0.15, 0.2) is 0 Å². The molecule has 1 unspecified atom stereocenters. The molecule has 0 radical (unpaired) electrons. The van der Waals surface area contributed by atoms with Crippen LogP contribution in [0, 0.1) is 0 Å². The number of hydrogen-bond donors (Lipinski definition) is 0. The van der Waals surface area contributed by atoms with Gasteiger partial charge in [-0.1, -0.05) is 114 Å². The van der Waals surface area contributed by atoms with Crippen molar-refractivity contribution in [2.45, 2.75) is 18.2 Å². The Hall–Kier alpha value is -2.62. The quantitative estimate of drug-likeness (QED) is 0.274. The zero-order valence-corrected chi connectivity index (χ0v) is 19.7. The van der Waals surface area contributed by atoms with E-state index in [1.807, 2.05) is 48.5 Å². The van der Waals surface area contributed by atoms with Gasteiger partial charge in [0.1, 0.15) is 6.10 Å². The molecule has 0 aliphatic carbocycles. The van der Waals surface area contributed by atoms with E-state index in [-0.39, 0.29) is 18.2 Å². The predicted octanol–water partition coefficient (Wildman–Crippen LogP) is 7.57. The molecule has 33 heavy (non-hydrogen) atoms. The van der Waals surface area contributed by atoms with Gasteiger partial charge in [-0.2, -0.15) is 0 Å². The van der Waals surface area contributed by atoms with Crippen LogP contribution in [-0.4, -0.2) is 24.1 Å². The van der Waals surface area contributed by atoms with Crippen molar-refractivity contribution in [1.82, 2.24) is 4.90 Å². The van der Waals surface area contributed by atoms with Gasteiger partial charge in [0, 0.05) is 28.7 Å². The number of benzene rings is 4. The van der Waals surface area contributed by atoms with E-state index >= 15 is 0 Å². The Morgan fingerprint density at radius 1 is 0.636 bits per heavy atom. The monoisotopic (exact) mass is 473 g/mol. The number of nitrogens with zero attached hydrogens (tertiary/aromatic N) is 1. The van der Waals surface area contributed by atoms with Crippen molar-refractivity contribution in [2.24, 2.45) is 0 Å². The lowest BCUT2D eigenvalue weighted by Crippen LogP contribution is -2.54. The minimum absolute atomic E-state index is 0.108. The van der Waals surface area contributed by atoms with Gasteiger partial charge < -0.3 is 4.74 Å². The number of rotatable bonds is 7. The third kappa shape index (κ3) is 5.00. The highest BCUT2D eigenvalue weighted by molar-refractivity contribution is 6.31. The second-order valence-corrected chi connectivity index (χ2v) is 9.23. The van der Waals surface area contributed by atoms with Crippen LogP contribution in [0.15, 0.2) is 109 Å². The molecule has 1 atom stereocenters. The number of ether oxygens (including phenoxy) is 1. The fourth-order valence-corrected chi connectivity index (χ4v) is 4.86. The van der Waals surface area contributed by atoms with Crippen LogP contribution in [0.1, 0.15) is 34.4 Å². The third-order valence-electron chi connectivity index (χ3n) is 6.16. The molecule has 1 fully saturated rings. The van der Waals surface area contributed by atoms with Crippen molar-refractivity contribution in [3.63, 3.8) is 0 Å². The van der Waals surface area contributed by atoms with Gasteiger partial charge in [-0.15, -0.1) is 0 Å². The van der Waals surface area contributed by atoms with Crippen molar-refractivity contribution in [3.8, 4) is 0 Å². The summed E-state index contributed by atoms with van der Waals surface area (Å²) in [6.07, 6.45) is -0.133. The van der Waals surface area contributed by atoms with Crippen molar-refractivity contribution in [3.05, 3.63) is 141 Å². The summed E-state index contributed by atoms with van der Waals surface area (Å²) in [5.74, 6) is 0. The third-order valence-corrected chi connectivity index (χ3v) is 6.76. The molecule has 0 spiro atoms. The summed E-state index contributed by atoms with van der Waals surface area (Å²) in [6.45, 7) is 1.70. The van der Waals surface area contributed by atoms with Crippen LogP contribution in [0.4, 0.5) is 0 Å². The van der Waals surface area contributed by atoms with E-state index in [4.69, 9.17) is 27.9 Å². The molecule has 2 nitrogen and oxygen atoms in total. The van der Waals surface area contributed by atoms with E-state index in [9.17, 15) is 0 Å². The predicted molar refractivity (Wildman–Crippen MR) is 136 cm³/mol. The van der Waals surface area contributed by atoms with Crippen LogP contribution in [-0.2, 0) is 4.74 Å².